The summed E-state index contributed by atoms with van der Waals surface area (Å²) in [5, 5.41) is 0. The van der Waals surface area contributed by atoms with Crippen LogP contribution in [-0.2, 0) is 0 Å². The van der Waals surface area contributed by atoms with Crippen LogP contribution >= 0.6 is 0 Å². The van der Waals surface area contributed by atoms with Gasteiger partial charge in [-0.15, -0.1) is 0 Å². The van der Waals surface area contributed by atoms with Crippen LogP contribution in [0.3, 0.4) is 0 Å². The third-order valence-corrected chi connectivity index (χ3v) is 5.54. The van der Waals surface area contributed by atoms with Gasteiger partial charge in [-0.25, -0.2) is 0 Å². The van der Waals surface area contributed by atoms with E-state index in [0.717, 1.165) is 30.2 Å². The second kappa shape index (κ2) is 15.6. The number of para-hydroxylation sites is 2. The van der Waals surface area contributed by atoms with E-state index in [-0.39, 0.29) is 0 Å². The van der Waals surface area contributed by atoms with Crippen molar-refractivity contribution in [3.8, 4) is 5.75 Å². The van der Waals surface area contributed by atoms with Crippen molar-refractivity contribution in [2.24, 2.45) is 0 Å². The van der Waals surface area contributed by atoms with Crippen LogP contribution in [0.1, 0.15) is 89.5 Å². The average Bonchev–Trinajstić information content (AvgIpc) is 2.77. The van der Waals surface area contributed by atoms with Crippen LogP contribution in [0.2, 0.25) is 0 Å². The molecule has 0 aliphatic carbocycles. The Hall–Kier alpha value is -2.16. The molecule has 30 heavy (non-hydrogen) atoms. The Kier molecular flexibility index (Phi) is 12.6. The lowest BCUT2D eigenvalue weighted by molar-refractivity contribution is 0.305. The molecule has 0 fully saturated rings. The maximum Gasteiger partial charge on any atom is 0.144 e. The molecule has 0 amide bonds. The molecular formula is C27H42N2O. The van der Waals surface area contributed by atoms with E-state index in [1.54, 1.807) is 0 Å². The molecule has 2 aromatic rings. The maximum absolute atomic E-state index is 6.03. The van der Waals surface area contributed by atoms with E-state index in [2.05, 4.69) is 49.0 Å². The van der Waals surface area contributed by atoms with Crippen molar-refractivity contribution >= 4 is 11.4 Å². The maximum atomic E-state index is 6.03. The number of aryl methyl sites for hydroxylation is 1. The average molecular weight is 411 g/mol. The second-order valence-corrected chi connectivity index (χ2v) is 8.35. The molecule has 0 atom stereocenters. The van der Waals surface area contributed by atoms with Gasteiger partial charge in [0.1, 0.15) is 5.75 Å². The minimum Gasteiger partial charge on any atom is -0.491 e. The summed E-state index contributed by atoms with van der Waals surface area (Å²) in [6, 6.07) is 16.4. The Labute approximate surface area is 184 Å². The number of unbranched alkanes of at least 4 members (excludes halogenated alkanes) is 11. The summed E-state index contributed by atoms with van der Waals surface area (Å²) in [6.45, 7) is 5.15. The number of hydrogen-bond acceptors (Lipinski definition) is 3. The predicted molar refractivity (Wildman–Crippen MR) is 131 cm³/mol. The first kappa shape index (κ1) is 24.1. The molecule has 0 spiro atoms. The van der Waals surface area contributed by atoms with Crippen molar-refractivity contribution in [1.29, 1.82) is 0 Å². The van der Waals surface area contributed by atoms with Crippen LogP contribution in [0.4, 0.5) is 11.4 Å². The van der Waals surface area contributed by atoms with E-state index in [9.17, 15) is 0 Å². The van der Waals surface area contributed by atoms with Gasteiger partial charge in [0.25, 0.3) is 0 Å². The predicted octanol–water partition coefficient (Wildman–Crippen LogP) is 8.51. The Morgan fingerprint density at radius 3 is 1.83 bits per heavy atom. The van der Waals surface area contributed by atoms with Gasteiger partial charge in [-0.05, 0) is 37.6 Å². The Morgan fingerprint density at radius 1 is 0.633 bits per heavy atom. The molecule has 0 aromatic heterocycles. The van der Waals surface area contributed by atoms with Crippen LogP contribution in [-0.4, -0.2) is 6.61 Å². The van der Waals surface area contributed by atoms with Crippen LogP contribution in [0.15, 0.2) is 48.5 Å². The normalized spacial score (nSPS) is 10.7. The number of ether oxygens (including phenoxy) is 1. The highest BCUT2D eigenvalue weighted by Gasteiger charge is 2.02. The molecular weight excluding hydrogens is 368 g/mol. The quantitative estimate of drug-likeness (QED) is 0.202. The molecule has 0 aliphatic rings. The topological polar surface area (TPSA) is 33.3 Å². The van der Waals surface area contributed by atoms with E-state index in [1.807, 2.05) is 24.3 Å². The molecule has 3 nitrogen and oxygen atoms in total. The molecule has 0 aliphatic heterocycles. The van der Waals surface area contributed by atoms with Crippen LogP contribution in [0.25, 0.3) is 0 Å². The van der Waals surface area contributed by atoms with Crippen molar-refractivity contribution < 1.29 is 4.74 Å². The van der Waals surface area contributed by atoms with Crippen molar-refractivity contribution in [3.63, 3.8) is 0 Å². The zero-order valence-electron chi connectivity index (χ0n) is 19.2. The number of hydrazine groups is 1. The molecule has 0 heterocycles. The fraction of sp³-hybridized carbons (Fsp3) is 0.556. The Bertz CT molecular complexity index is 669. The van der Waals surface area contributed by atoms with Gasteiger partial charge >= 0.3 is 0 Å². The highest BCUT2D eigenvalue weighted by Crippen LogP contribution is 2.24. The van der Waals surface area contributed by atoms with Gasteiger partial charge in [-0.2, -0.15) is 0 Å². The molecule has 2 N–H and O–H groups in total. The van der Waals surface area contributed by atoms with Gasteiger partial charge in [-0.3, -0.25) is 5.43 Å². The second-order valence-electron chi connectivity index (χ2n) is 8.35. The van der Waals surface area contributed by atoms with Crippen molar-refractivity contribution in [1.82, 2.24) is 0 Å². The molecule has 0 radical (unpaired) electrons. The first-order valence-corrected chi connectivity index (χ1v) is 12.1. The van der Waals surface area contributed by atoms with Gasteiger partial charge in [0, 0.05) is 0 Å². The highest BCUT2D eigenvalue weighted by molar-refractivity contribution is 5.60. The van der Waals surface area contributed by atoms with Gasteiger partial charge in [0.15, 0.2) is 0 Å². The van der Waals surface area contributed by atoms with Crippen LogP contribution in [0, 0.1) is 6.92 Å². The molecule has 3 heteroatoms. The summed E-state index contributed by atoms with van der Waals surface area (Å²) in [4.78, 5) is 0. The number of nitrogens with one attached hydrogen (secondary N) is 2. The lowest BCUT2D eigenvalue weighted by Crippen LogP contribution is -2.10. The summed E-state index contributed by atoms with van der Waals surface area (Å²) in [6.07, 6.45) is 16.3. The number of benzene rings is 2. The fourth-order valence-corrected chi connectivity index (χ4v) is 3.60. The number of anilines is 2. The van der Waals surface area contributed by atoms with E-state index in [0.29, 0.717) is 0 Å². The Morgan fingerprint density at radius 2 is 1.20 bits per heavy atom. The first-order valence-electron chi connectivity index (χ1n) is 12.1. The first-order chi connectivity index (χ1) is 14.8. The molecule has 0 saturated heterocycles. The third-order valence-electron chi connectivity index (χ3n) is 5.54. The van der Waals surface area contributed by atoms with Crippen molar-refractivity contribution in [2.75, 3.05) is 17.5 Å². The molecule has 0 bridgehead atoms. The van der Waals surface area contributed by atoms with Crippen LogP contribution in [0.5, 0.6) is 5.75 Å². The highest BCUT2D eigenvalue weighted by atomic mass is 16.5. The summed E-state index contributed by atoms with van der Waals surface area (Å²) >= 11 is 0. The Balaban J connectivity index is 1.52. The van der Waals surface area contributed by atoms with E-state index in [1.165, 1.54) is 76.2 Å². The summed E-state index contributed by atoms with van der Waals surface area (Å²) < 4.78 is 6.03. The van der Waals surface area contributed by atoms with Crippen molar-refractivity contribution in [3.05, 3.63) is 54.1 Å². The SMILES string of the molecule is CCCCCCCCCCCCCCOc1ccccc1NNc1ccc(C)cc1. The van der Waals surface area contributed by atoms with Crippen molar-refractivity contribution in [2.45, 2.75) is 90.9 Å². The summed E-state index contributed by atoms with van der Waals surface area (Å²) in [5.74, 6) is 0.903. The van der Waals surface area contributed by atoms with Gasteiger partial charge in [-0.1, -0.05) is 107 Å². The number of hydrogen-bond donors (Lipinski definition) is 2. The van der Waals surface area contributed by atoms with Gasteiger partial charge in [0.05, 0.1) is 18.0 Å². The zero-order chi connectivity index (χ0) is 21.3. The lowest BCUT2D eigenvalue weighted by Gasteiger charge is -2.15. The monoisotopic (exact) mass is 410 g/mol. The van der Waals surface area contributed by atoms with Gasteiger partial charge in [0.2, 0.25) is 0 Å². The zero-order valence-corrected chi connectivity index (χ0v) is 19.2. The summed E-state index contributed by atoms with van der Waals surface area (Å²) in [5.41, 5.74) is 9.78. The molecule has 166 valence electrons. The molecule has 0 unspecified atom stereocenters. The van der Waals surface area contributed by atoms with E-state index >= 15 is 0 Å². The molecule has 0 saturated carbocycles. The molecule has 2 rings (SSSR count). The van der Waals surface area contributed by atoms with Gasteiger partial charge < -0.3 is 10.2 Å². The van der Waals surface area contributed by atoms with E-state index in [4.69, 9.17) is 4.74 Å². The standard InChI is InChI=1S/C27H42N2O/c1-3-4-5-6-7-8-9-10-11-12-13-16-23-30-27-18-15-14-17-26(27)29-28-25-21-19-24(2)20-22-25/h14-15,17-22,28-29H,3-13,16,23H2,1-2H3. The third kappa shape index (κ3) is 10.6. The minimum atomic E-state index is 0.778. The number of rotatable bonds is 17. The minimum absolute atomic E-state index is 0.778. The smallest absolute Gasteiger partial charge is 0.144 e. The lowest BCUT2D eigenvalue weighted by atomic mass is 10.1. The van der Waals surface area contributed by atoms with E-state index < -0.39 is 0 Å². The fourth-order valence-electron chi connectivity index (χ4n) is 3.60. The summed E-state index contributed by atoms with van der Waals surface area (Å²) in [7, 11) is 0. The van der Waals surface area contributed by atoms with Crippen LogP contribution < -0.4 is 15.6 Å². The largest absolute Gasteiger partial charge is 0.491 e. The molecule has 2 aromatic carbocycles.